The second kappa shape index (κ2) is 8.95. The molecule has 1 heterocycles. The highest BCUT2D eigenvalue weighted by atomic mass is 16.4. The largest absolute Gasteiger partial charge is 0.481 e. The molecule has 0 aromatic carbocycles. The van der Waals surface area contributed by atoms with Gasteiger partial charge in [0.25, 0.3) is 0 Å². The Morgan fingerprint density at radius 2 is 1.96 bits per heavy atom. The normalized spacial score (nSPS) is 20.7. The van der Waals surface area contributed by atoms with Crippen LogP contribution in [0.4, 0.5) is 4.79 Å². The average molecular weight is 337 g/mol. The molecule has 2 atom stereocenters. The molecule has 1 aliphatic carbocycles. The summed E-state index contributed by atoms with van der Waals surface area (Å²) in [7, 11) is 0. The zero-order valence-electron chi connectivity index (χ0n) is 13.4. The van der Waals surface area contributed by atoms with Crippen molar-refractivity contribution in [1.82, 2.24) is 16.0 Å². The van der Waals surface area contributed by atoms with Crippen LogP contribution in [0.5, 0.6) is 0 Å². The summed E-state index contributed by atoms with van der Waals surface area (Å²) in [6.07, 6.45) is 5.45. The lowest BCUT2D eigenvalue weighted by molar-refractivity contribution is -0.143. The summed E-state index contributed by atoms with van der Waals surface area (Å²) in [5.74, 6) is -1.23. The van der Waals surface area contributed by atoms with E-state index in [1.165, 1.54) is 6.26 Å². The molecular weight excluding hydrogens is 314 g/mol. The summed E-state index contributed by atoms with van der Waals surface area (Å²) in [4.78, 5) is 34.9. The van der Waals surface area contributed by atoms with Gasteiger partial charge in [-0.05, 0) is 25.0 Å². The molecule has 4 N–H and O–H groups in total. The van der Waals surface area contributed by atoms with Gasteiger partial charge in [-0.1, -0.05) is 19.3 Å². The van der Waals surface area contributed by atoms with Gasteiger partial charge in [-0.2, -0.15) is 0 Å². The molecule has 0 spiro atoms. The van der Waals surface area contributed by atoms with Crippen molar-refractivity contribution in [2.75, 3.05) is 6.54 Å². The van der Waals surface area contributed by atoms with E-state index in [1.807, 2.05) is 0 Å². The average Bonchev–Trinajstić information content (AvgIpc) is 2.96. The van der Waals surface area contributed by atoms with Gasteiger partial charge in [0.1, 0.15) is 5.76 Å². The number of carbonyl (C=O) groups is 3. The predicted octanol–water partition coefficient (Wildman–Crippen LogP) is 1.23. The van der Waals surface area contributed by atoms with Gasteiger partial charge in [0.2, 0.25) is 5.91 Å². The first kappa shape index (κ1) is 17.8. The topological polar surface area (TPSA) is 121 Å². The monoisotopic (exact) mass is 337 g/mol. The van der Waals surface area contributed by atoms with Crippen molar-refractivity contribution in [2.24, 2.45) is 5.92 Å². The molecule has 1 aromatic rings. The van der Waals surface area contributed by atoms with Gasteiger partial charge >= 0.3 is 12.0 Å². The molecule has 1 aliphatic rings. The fourth-order valence-electron chi connectivity index (χ4n) is 2.84. The Bertz CT molecular complexity index is 558. The molecule has 1 fully saturated rings. The molecule has 1 aromatic heterocycles. The number of furan rings is 1. The zero-order chi connectivity index (χ0) is 17.4. The van der Waals surface area contributed by atoms with Crippen LogP contribution in [0, 0.1) is 5.92 Å². The highest BCUT2D eigenvalue weighted by Crippen LogP contribution is 2.23. The van der Waals surface area contributed by atoms with Crippen LogP contribution < -0.4 is 16.0 Å². The number of hydrogen-bond donors (Lipinski definition) is 4. The number of rotatable bonds is 6. The van der Waals surface area contributed by atoms with Gasteiger partial charge in [-0.25, -0.2) is 4.79 Å². The number of carbonyl (C=O) groups excluding carboxylic acids is 2. The van der Waals surface area contributed by atoms with Crippen LogP contribution in [0.25, 0.3) is 0 Å². The van der Waals surface area contributed by atoms with Crippen molar-refractivity contribution in [3.05, 3.63) is 24.2 Å². The maximum absolute atomic E-state index is 12.0. The van der Waals surface area contributed by atoms with E-state index in [0.717, 1.165) is 19.3 Å². The fraction of sp³-hybridized carbons (Fsp3) is 0.562. The third-order valence-corrected chi connectivity index (χ3v) is 4.09. The molecule has 1 saturated carbocycles. The van der Waals surface area contributed by atoms with E-state index in [-0.39, 0.29) is 25.0 Å². The fourth-order valence-corrected chi connectivity index (χ4v) is 2.84. The smallest absolute Gasteiger partial charge is 0.315 e. The molecule has 0 saturated heterocycles. The quantitative estimate of drug-likeness (QED) is 0.582. The first-order valence-electron chi connectivity index (χ1n) is 8.12. The Morgan fingerprint density at radius 3 is 2.67 bits per heavy atom. The van der Waals surface area contributed by atoms with Gasteiger partial charge in [-0.15, -0.1) is 0 Å². The molecule has 2 rings (SSSR count). The summed E-state index contributed by atoms with van der Waals surface area (Å²) in [6.45, 7) is 0.0248. The van der Waals surface area contributed by atoms with E-state index in [2.05, 4.69) is 16.0 Å². The van der Waals surface area contributed by atoms with Crippen molar-refractivity contribution in [3.63, 3.8) is 0 Å². The molecule has 8 heteroatoms. The molecule has 0 unspecified atom stereocenters. The number of carboxylic acid groups (broad SMARTS) is 1. The zero-order valence-corrected chi connectivity index (χ0v) is 13.4. The summed E-state index contributed by atoms with van der Waals surface area (Å²) < 4.78 is 5.08. The van der Waals surface area contributed by atoms with Crippen molar-refractivity contribution >= 4 is 17.9 Å². The van der Waals surface area contributed by atoms with E-state index in [9.17, 15) is 19.5 Å². The molecule has 0 bridgehead atoms. The predicted molar refractivity (Wildman–Crippen MR) is 85.1 cm³/mol. The highest BCUT2D eigenvalue weighted by molar-refractivity contribution is 5.84. The van der Waals surface area contributed by atoms with Crippen molar-refractivity contribution in [2.45, 2.75) is 44.7 Å². The van der Waals surface area contributed by atoms with E-state index in [0.29, 0.717) is 18.6 Å². The van der Waals surface area contributed by atoms with Crippen LogP contribution in [0.15, 0.2) is 22.8 Å². The summed E-state index contributed by atoms with van der Waals surface area (Å²) >= 11 is 0. The van der Waals surface area contributed by atoms with Gasteiger partial charge in [0.05, 0.1) is 25.3 Å². The minimum absolute atomic E-state index is 0.202. The van der Waals surface area contributed by atoms with Crippen molar-refractivity contribution in [1.29, 1.82) is 0 Å². The third kappa shape index (κ3) is 5.60. The molecule has 132 valence electrons. The van der Waals surface area contributed by atoms with Crippen molar-refractivity contribution < 1.29 is 23.9 Å². The first-order chi connectivity index (χ1) is 11.6. The minimum Gasteiger partial charge on any atom is -0.481 e. The highest BCUT2D eigenvalue weighted by Gasteiger charge is 2.30. The lowest BCUT2D eigenvalue weighted by Crippen LogP contribution is -2.48. The Labute approximate surface area is 140 Å². The van der Waals surface area contributed by atoms with Crippen LogP contribution in [0.3, 0.4) is 0 Å². The number of urea groups is 1. The Morgan fingerprint density at radius 1 is 1.17 bits per heavy atom. The summed E-state index contributed by atoms with van der Waals surface area (Å²) in [6, 6.07) is 2.57. The van der Waals surface area contributed by atoms with E-state index in [1.54, 1.807) is 12.1 Å². The molecule has 3 amide bonds. The molecule has 0 aliphatic heterocycles. The van der Waals surface area contributed by atoms with Gasteiger partial charge in [0, 0.05) is 6.04 Å². The van der Waals surface area contributed by atoms with Gasteiger partial charge < -0.3 is 25.5 Å². The summed E-state index contributed by atoms with van der Waals surface area (Å²) in [5.41, 5.74) is 0. The molecular formula is C16H23N3O5. The minimum atomic E-state index is -0.883. The maximum atomic E-state index is 12.0. The standard InChI is InChI=1S/C16H23N3O5/c20-14(10-18-16(23)17-9-11-5-4-8-24-11)19-13-7-3-1-2-6-12(13)15(21)22/h4-5,8,12-13H,1-3,6-7,9-10H2,(H,19,20)(H,21,22)(H2,17,18,23)/t12-,13+/m1/s1. The van der Waals surface area contributed by atoms with E-state index < -0.39 is 17.9 Å². The second-order valence-corrected chi connectivity index (χ2v) is 5.87. The van der Waals surface area contributed by atoms with E-state index in [4.69, 9.17) is 4.42 Å². The van der Waals surface area contributed by atoms with Crippen LogP contribution in [-0.2, 0) is 16.1 Å². The third-order valence-electron chi connectivity index (χ3n) is 4.09. The number of carboxylic acids is 1. The van der Waals surface area contributed by atoms with Crippen LogP contribution in [0.2, 0.25) is 0 Å². The number of hydrogen-bond acceptors (Lipinski definition) is 4. The van der Waals surface area contributed by atoms with Gasteiger partial charge in [0.15, 0.2) is 0 Å². The van der Waals surface area contributed by atoms with Gasteiger partial charge in [-0.3, -0.25) is 9.59 Å². The summed E-state index contributed by atoms with van der Waals surface area (Å²) in [5, 5.41) is 17.0. The maximum Gasteiger partial charge on any atom is 0.315 e. The Balaban J connectivity index is 1.72. The molecule has 24 heavy (non-hydrogen) atoms. The Hall–Kier alpha value is -2.51. The SMILES string of the molecule is O=C(CNC(=O)NCc1ccco1)N[C@H]1CCCCC[C@H]1C(=O)O. The number of nitrogens with one attached hydrogen (secondary N) is 3. The number of amides is 3. The first-order valence-corrected chi connectivity index (χ1v) is 8.12. The van der Waals surface area contributed by atoms with Crippen LogP contribution in [0.1, 0.15) is 37.9 Å². The Kier molecular flexibility index (Phi) is 6.65. The van der Waals surface area contributed by atoms with Crippen LogP contribution in [-0.4, -0.2) is 35.6 Å². The molecule has 0 radical (unpaired) electrons. The second-order valence-electron chi connectivity index (χ2n) is 5.87. The lowest BCUT2D eigenvalue weighted by Gasteiger charge is -2.22. The molecule has 8 nitrogen and oxygen atoms in total. The lowest BCUT2D eigenvalue weighted by atomic mass is 9.95. The van der Waals surface area contributed by atoms with Crippen molar-refractivity contribution in [3.8, 4) is 0 Å². The van der Waals surface area contributed by atoms with Crippen LogP contribution >= 0.6 is 0 Å². The number of aliphatic carboxylic acids is 1. The van der Waals surface area contributed by atoms with E-state index >= 15 is 0 Å².